The minimum absolute atomic E-state index is 0.194. The maximum absolute atomic E-state index is 12.5. The third kappa shape index (κ3) is 3.43. The standard InChI is InChI=1S/C17H21N3O3S/c1-11-14(12-3-5-13(22-2)6-4-12)19-16(24-11)20-15(21)17(18)7-9-23-10-8-17/h3-6H,7-10,18H2,1-2H3,(H,19,20,21). The van der Waals surface area contributed by atoms with Crippen molar-refractivity contribution in [2.24, 2.45) is 5.73 Å². The normalized spacial score (nSPS) is 16.6. The molecule has 0 aliphatic carbocycles. The molecule has 7 heteroatoms. The zero-order chi connectivity index (χ0) is 17.2. The van der Waals surface area contributed by atoms with E-state index in [1.54, 1.807) is 7.11 Å². The van der Waals surface area contributed by atoms with Crippen molar-refractivity contribution in [2.45, 2.75) is 25.3 Å². The second-order valence-corrected chi connectivity index (χ2v) is 7.08. The first-order chi connectivity index (χ1) is 11.5. The number of hydrogen-bond donors (Lipinski definition) is 2. The van der Waals surface area contributed by atoms with E-state index in [0.29, 0.717) is 31.2 Å². The number of carbonyl (C=O) groups excluding carboxylic acids is 1. The summed E-state index contributed by atoms with van der Waals surface area (Å²) < 4.78 is 10.5. The molecular formula is C17H21N3O3S. The van der Waals surface area contributed by atoms with E-state index in [1.807, 2.05) is 31.2 Å². The summed E-state index contributed by atoms with van der Waals surface area (Å²) in [6.07, 6.45) is 1.04. The van der Waals surface area contributed by atoms with Gasteiger partial charge in [-0.25, -0.2) is 4.98 Å². The van der Waals surface area contributed by atoms with Gasteiger partial charge in [-0.15, -0.1) is 11.3 Å². The molecule has 2 heterocycles. The van der Waals surface area contributed by atoms with Crippen molar-refractivity contribution in [1.29, 1.82) is 0 Å². The second kappa shape index (κ2) is 6.88. The number of anilines is 1. The van der Waals surface area contributed by atoms with E-state index in [1.165, 1.54) is 11.3 Å². The lowest BCUT2D eigenvalue weighted by Crippen LogP contribution is -2.54. The fourth-order valence-electron chi connectivity index (χ4n) is 2.65. The Balaban J connectivity index is 1.77. The van der Waals surface area contributed by atoms with Gasteiger partial charge in [0.05, 0.1) is 12.8 Å². The van der Waals surface area contributed by atoms with Gasteiger partial charge >= 0.3 is 0 Å². The van der Waals surface area contributed by atoms with Gasteiger partial charge in [0.25, 0.3) is 0 Å². The second-order valence-electron chi connectivity index (χ2n) is 5.87. The average molecular weight is 347 g/mol. The topological polar surface area (TPSA) is 86.5 Å². The fourth-order valence-corrected chi connectivity index (χ4v) is 3.48. The zero-order valence-electron chi connectivity index (χ0n) is 13.8. The zero-order valence-corrected chi connectivity index (χ0v) is 14.6. The lowest BCUT2D eigenvalue weighted by atomic mass is 9.90. The number of aromatic nitrogens is 1. The van der Waals surface area contributed by atoms with E-state index in [0.717, 1.165) is 21.9 Å². The number of methoxy groups -OCH3 is 1. The van der Waals surface area contributed by atoms with Crippen LogP contribution in [0.5, 0.6) is 5.75 Å². The van der Waals surface area contributed by atoms with Crippen molar-refractivity contribution in [2.75, 3.05) is 25.6 Å². The van der Waals surface area contributed by atoms with Gasteiger partial charge in [-0.05, 0) is 44.0 Å². The lowest BCUT2D eigenvalue weighted by Gasteiger charge is -2.31. The number of carbonyl (C=O) groups is 1. The molecule has 1 aliphatic rings. The summed E-state index contributed by atoms with van der Waals surface area (Å²) in [6.45, 7) is 3.01. The first kappa shape index (κ1) is 16.9. The molecule has 3 N–H and O–H groups in total. The number of amides is 1. The number of thiazole rings is 1. The van der Waals surface area contributed by atoms with Crippen LogP contribution in [-0.2, 0) is 9.53 Å². The Kier molecular flexibility index (Phi) is 4.84. The third-order valence-corrected chi connectivity index (χ3v) is 5.10. The van der Waals surface area contributed by atoms with Crippen LogP contribution >= 0.6 is 11.3 Å². The highest BCUT2D eigenvalue weighted by atomic mass is 32.1. The summed E-state index contributed by atoms with van der Waals surface area (Å²) in [5.74, 6) is 0.602. The summed E-state index contributed by atoms with van der Waals surface area (Å²) in [4.78, 5) is 18.1. The molecule has 2 aromatic rings. The van der Waals surface area contributed by atoms with Gasteiger partial charge in [0.15, 0.2) is 5.13 Å². The van der Waals surface area contributed by atoms with Crippen LogP contribution in [0, 0.1) is 6.92 Å². The molecule has 0 radical (unpaired) electrons. The molecule has 1 aromatic carbocycles. The number of hydrogen-bond acceptors (Lipinski definition) is 6. The van der Waals surface area contributed by atoms with E-state index >= 15 is 0 Å². The molecule has 0 spiro atoms. The fraction of sp³-hybridized carbons (Fsp3) is 0.412. The Morgan fingerprint density at radius 3 is 2.62 bits per heavy atom. The average Bonchev–Trinajstić information content (AvgIpc) is 2.96. The van der Waals surface area contributed by atoms with Crippen molar-refractivity contribution >= 4 is 22.4 Å². The molecule has 128 valence electrons. The van der Waals surface area contributed by atoms with Crippen LogP contribution in [0.4, 0.5) is 5.13 Å². The Labute approximate surface area is 145 Å². The van der Waals surface area contributed by atoms with Gasteiger partial charge in [0, 0.05) is 23.7 Å². The molecule has 0 atom stereocenters. The minimum atomic E-state index is -0.877. The van der Waals surface area contributed by atoms with Crippen LogP contribution in [0.2, 0.25) is 0 Å². The molecule has 1 fully saturated rings. The van der Waals surface area contributed by atoms with Crippen LogP contribution < -0.4 is 15.8 Å². The number of rotatable bonds is 4. The smallest absolute Gasteiger partial charge is 0.246 e. The van der Waals surface area contributed by atoms with E-state index in [2.05, 4.69) is 10.3 Å². The van der Waals surface area contributed by atoms with Crippen LogP contribution in [0.3, 0.4) is 0 Å². The first-order valence-corrected chi connectivity index (χ1v) is 8.63. The van der Waals surface area contributed by atoms with Crippen molar-refractivity contribution in [3.05, 3.63) is 29.1 Å². The van der Waals surface area contributed by atoms with Gasteiger partial charge in [0.2, 0.25) is 5.91 Å². The van der Waals surface area contributed by atoms with Crippen molar-refractivity contribution in [3.63, 3.8) is 0 Å². The predicted molar refractivity (Wildman–Crippen MR) is 94.4 cm³/mol. The van der Waals surface area contributed by atoms with Crippen molar-refractivity contribution in [3.8, 4) is 17.0 Å². The van der Waals surface area contributed by atoms with Crippen LogP contribution in [0.1, 0.15) is 17.7 Å². The maximum Gasteiger partial charge on any atom is 0.246 e. The highest BCUT2D eigenvalue weighted by Crippen LogP contribution is 2.32. The number of nitrogens with two attached hydrogens (primary N) is 1. The molecule has 1 aromatic heterocycles. The number of nitrogens with zero attached hydrogens (tertiary/aromatic N) is 1. The number of aryl methyl sites for hydroxylation is 1. The molecule has 1 aliphatic heterocycles. The summed E-state index contributed by atoms with van der Waals surface area (Å²) >= 11 is 1.45. The summed E-state index contributed by atoms with van der Waals surface area (Å²) in [5, 5.41) is 3.44. The van der Waals surface area contributed by atoms with Crippen molar-refractivity contribution < 1.29 is 14.3 Å². The molecule has 0 unspecified atom stereocenters. The van der Waals surface area contributed by atoms with Crippen LogP contribution in [0.25, 0.3) is 11.3 Å². The van der Waals surface area contributed by atoms with Gasteiger partial charge in [-0.3, -0.25) is 4.79 Å². The molecule has 0 bridgehead atoms. The maximum atomic E-state index is 12.5. The molecule has 24 heavy (non-hydrogen) atoms. The van der Waals surface area contributed by atoms with Gasteiger partial charge < -0.3 is 20.5 Å². The molecule has 0 saturated carbocycles. The van der Waals surface area contributed by atoms with E-state index in [9.17, 15) is 4.79 Å². The van der Waals surface area contributed by atoms with Gasteiger partial charge in [-0.2, -0.15) is 0 Å². The Morgan fingerprint density at radius 1 is 1.33 bits per heavy atom. The Morgan fingerprint density at radius 2 is 2.00 bits per heavy atom. The number of nitrogens with one attached hydrogen (secondary N) is 1. The summed E-state index contributed by atoms with van der Waals surface area (Å²) in [6, 6.07) is 7.69. The van der Waals surface area contributed by atoms with Crippen LogP contribution in [-0.4, -0.2) is 36.8 Å². The number of benzene rings is 1. The highest BCUT2D eigenvalue weighted by molar-refractivity contribution is 7.16. The van der Waals surface area contributed by atoms with Crippen molar-refractivity contribution in [1.82, 2.24) is 4.98 Å². The quantitative estimate of drug-likeness (QED) is 0.888. The molecular weight excluding hydrogens is 326 g/mol. The van der Waals surface area contributed by atoms with E-state index in [4.69, 9.17) is 15.2 Å². The SMILES string of the molecule is COc1ccc(-c2nc(NC(=O)C3(N)CCOCC3)sc2C)cc1. The number of ether oxygens (including phenoxy) is 2. The Hall–Kier alpha value is -1.96. The first-order valence-electron chi connectivity index (χ1n) is 7.82. The largest absolute Gasteiger partial charge is 0.497 e. The lowest BCUT2D eigenvalue weighted by molar-refractivity contribution is -0.124. The predicted octanol–water partition coefficient (Wildman–Crippen LogP) is 2.57. The van der Waals surface area contributed by atoms with E-state index in [-0.39, 0.29) is 5.91 Å². The molecule has 1 saturated heterocycles. The monoisotopic (exact) mass is 347 g/mol. The van der Waals surface area contributed by atoms with E-state index < -0.39 is 5.54 Å². The minimum Gasteiger partial charge on any atom is -0.497 e. The van der Waals surface area contributed by atoms with Crippen LogP contribution in [0.15, 0.2) is 24.3 Å². The summed E-state index contributed by atoms with van der Waals surface area (Å²) in [7, 11) is 1.63. The van der Waals surface area contributed by atoms with Gasteiger partial charge in [0.1, 0.15) is 11.3 Å². The molecule has 3 rings (SSSR count). The molecule has 6 nitrogen and oxygen atoms in total. The highest BCUT2D eigenvalue weighted by Gasteiger charge is 2.36. The van der Waals surface area contributed by atoms with Gasteiger partial charge in [-0.1, -0.05) is 0 Å². The summed E-state index contributed by atoms with van der Waals surface area (Å²) in [5.41, 5.74) is 7.17. The Bertz CT molecular complexity index is 721. The third-order valence-electron chi connectivity index (χ3n) is 4.22. The molecule has 1 amide bonds.